The number of para-hydroxylation sites is 1. The lowest BCUT2D eigenvalue weighted by Gasteiger charge is -2.21. The molecule has 0 saturated heterocycles. The molecule has 0 saturated carbocycles. The number of hydrogen-bond acceptors (Lipinski definition) is 3. The Labute approximate surface area is 95.7 Å². The molecule has 1 aromatic carbocycles. The summed E-state index contributed by atoms with van der Waals surface area (Å²) >= 11 is 0. The van der Waals surface area contributed by atoms with E-state index in [0.717, 1.165) is 11.3 Å². The zero-order chi connectivity index (χ0) is 12.1. The normalized spacial score (nSPS) is 12.2. The van der Waals surface area contributed by atoms with Crippen molar-refractivity contribution in [3.63, 3.8) is 0 Å². The summed E-state index contributed by atoms with van der Waals surface area (Å²) in [5.41, 5.74) is 8.03. The van der Waals surface area contributed by atoms with Crippen molar-refractivity contribution in [2.45, 2.75) is 18.9 Å². The molecule has 0 aliphatic rings. The maximum Gasteiger partial charge on any atom is 0.303 e. The van der Waals surface area contributed by atoms with Crippen molar-refractivity contribution in [1.82, 2.24) is 0 Å². The number of nitrogens with two attached hydrogens (primary N) is 1. The van der Waals surface area contributed by atoms with Gasteiger partial charge in [0.25, 0.3) is 0 Å². The van der Waals surface area contributed by atoms with Crippen LogP contribution in [0.1, 0.15) is 24.4 Å². The fraction of sp³-hybridized carbons (Fsp3) is 0.417. The van der Waals surface area contributed by atoms with Gasteiger partial charge in [0, 0.05) is 32.2 Å². The molecule has 4 nitrogen and oxygen atoms in total. The molecular formula is C12H18N2O2. The van der Waals surface area contributed by atoms with Crippen molar-refractivity contribution in [3.8, 4) is 0 Å². The summed E-state index contributed by atoms with van der Waals surface area (Å²) in [5, 5.41) is 8.62. The zero-order valence-corrected chi connectivity index (χ0v) is 9.68. The molecule has 0 fully saturated rings. The third kappa shape index (κ3) is 3.24. The number of aliphatic carboxylic acids is 1. The van der Waals surface area contributed by atoms with Crippen LogP contribution in [0.15, 0.2) is 24.3 Å². The summed E-state index contributed by atoms with van der Waals surface area (Å²) in [6.07, 6.45) is 0.559. The third-order valence-corrected chi connectivity index (χ3v) is 2.49. The summed E-state index contributed by atoms with van der Waals surface area (Å²) in [7, 11) is 3.89. The molecule has 16 heavy (non-hydrogen) atoms. The standard InChI is InChI=1S/C12H18N2O2/c1-14(2)11-6-4-3-5-9(11)10(13)7-8-12(15)16/h3-6,10H,7-8,13H2,1-2H3,(H,15,16)/t10-/m0/s1. The zero-order valence-electron chi connectivity index (χ0n) is 9.68. The van der Waals surface area contributed by atoms with Gasteiger partial charge < -0.3 is 15.7 Å². The van der Waals surface area contributed by atoms with Gasteiger partial charge >= 0.3 is 5.97 Å². The molecule has 88 valence electrons. The first-order valence-electron chi connectivity index (χ1n) is 5.26. The first-order valence-corrected chi connectivity index (χ1v) is 5.26. The van der Waals surface area contributed by atoms with Crippen LogP contribution in [0.3, 0.4) is 0 Å². The van der Waals surface area contributed by atoms with Crippen molar-refractivity contribution in [2.75, 3.05) is 19.0 Å². The Morgan fingerprint density at radius 1 is 1.44 bits per heavy atom. The van der Waals surface area contributed by atoms with Crippen molar-refractivity contribution >= 4 is 11.7 Å². The molecule has 0 heterocycles. The second kappa shape index (κ2) is 5.51. The second-order valence-corrected chi connectivity index (χ2v) is 3.99. The molecule has 0 aliphatic carbocycles. The third-order valence-electron chi connectivity index (χ3n) is 2.49. The van der Waals surface area contributed by atoms with E-state index in [9.17, 15) is 4.79 Å². The van der Waals surface area contributed by atoms with Crippen molar-refractivity contribution in [3.05, 3.63) is 29.8 Å². The Morgan fingerprint density at radius 2 is 2.06 bits per heavy atom. The maximum absolute atomic E-state index is 10.5. The minimum atomic E-state index is -0.808. The SMILES string of the molecule is CN(C)c1ccccc1[C@@H](N)CCC(=O)O. The summed E-state index contributed by atoms with van der Waals surface area (Å²) in [4.78, 5) is 12.5. The molecule has 0 aliphatic heterocycles. The Hall–Kier alpha value is -1.55. The van der Waals surface area contributed by atoms with Crippen molar-refractivity contribution in [1.29, 1.82) is 0 Å². The van der Waals surface area contributed by atoms with E-state index in [1.54, 1.807) is 0 Å². The van der Waals surface area contributed by atoms with Gasteiger partial charge in [0.15, 0.2) is 0 Å². The number of rotatable bonds is 5. The Morgan fingerprint density at radius 3 is 2.62 bits per heavy atom. The topological polar surface area (TPSA) is 66.6 Å². The fourth-order valence-electron chi connectivity index (χ4n) is 1.64. The van der Waals surface area contributed by atoms with E-state index in [-0.39, 0.29) is 12.5 Å². The van der Waals surface area contributed by atoms with Crippen molar-refractivity contribution < 1.29 is 9.90 Å². The van der Waals surface area contributed by atoms with E-state index in [4.69, 9.17) is 10.8 Å². The monoisotopic (exact) mass is 222 g/mol. The van der Waals surface area contributed by atoms with Gasteiger partial charge in [0.05, 0.1) is 0 Å². The van der Waals surface area contributed by atoms with Crippen LogP contribution in [0.4, 0.5) is 5.69 Å². The Kier molecular flexibility index (Phi) is 4.31. The lowest BCUT2D eigenvalue weighted by molar-refractivity contribution is -0.137. The number of anilines is 1. The lowest BCUT2D eigenvalue weighted by atomic mass is 10.0. The van der Waals surface area contributed by atoms with Crippen LogP contribution < -0.4 is 10.6 Å². The first-order chi connectivity index (χ1) is 7.52. The number of carboxylic acid groups (broad SMARTS) is 1. The van der Waals surface area contributed by atoms with Gasteiger partial charge in [-0.25, -0.2) is 0 Å². The molecule has 1 atom stereocenters. The van der Waals surface area contributed by atoms with Crippen LogP contribution in [0.2, 0.25) is 0 Å². The largest absolute Gasteiger partial charge is 0.481 e. The second-order valence-electron chi connectivity index (χ2n) is 3.99. The molecule has 0 spiro atoms. The van der Waals surface area contributed by atoms with Gasteiger partial charge in [-0.05, 0) is 18.1 Å². The van der Waals surface area contributed by atoms with Gasteiger partial charge in [-0.1, -0.05) is 18.2 Å². The molecule has 0 radical (unpaired) electrons. The highest BCUT2D eigenvalue weighted by Gasteiger charge is 2.13. The minimum Gasteiger partial charge on any atom is -0.481 e. The van der Waals surface area contributed by atoms with E-state index < -0.39 is 5.97 Å². The first kappa shape index (κ1) is 12.5. The highest BCUT2D eigenvalue weighted by molar-refractivity contribution is 5.66. The average molecular weight is 222 g/mol. The molecule has 0 unspecified atom stereocenters. The van der Waals surface area contributed by atoms with Gasteiger partial charge in [-0.2, -0.15) is 0 Å². The maximum atomic E-state index is 10.5. The lowest BCUT2D eigenvalue weighted by Crippen LogP contribution is -2.18. The van der Waals surface area contributed by atoms with Crippen LogP contribution in [-0.4, -0.2) is 25.2 Å². The molecule has 1 aromatic rings. The smallest absolute Gasteiger partial charge is 0.303 e. The van der Waals surface area contributed by atoms with E-state index in [2.05, 4.69) is 0 Å². The van der Waals surface area contributed by atoms with Crippen LogP contribution >= 0.6 is 0 Å². The molecule has 3 N–H and O–H groups in total. The summed E-state index contributed by atoms with van der Waals surface area (Å²) in [6, 6.07) is 7.57. The summed E-state index contributed by atoms with van der Waals surface area (Å²) in [5.74, 6) is -0.808. The van der Waals surface area contributed by atoms with Crippen LogP contribution in [0, 0.1) is 0 Å². The molecule has 0 amide bonds. The molecule has 0 aromatic heterocycles. The highest BCUT2D eigenvalue weighted by atomic mass is 16.4. The van der Waals surface area contributed by atoms with Gasteiger partial charge in [-0.15, -0.1) is 0 Å². The van der Waals surface area contributed by atoms with E-state index in [1.807, 2.05) is 43.3 Å². The number of nitrogens with zero attached hydrogens (tertiary/aromatic N) is 1. The van der Waals surface area contributed by atoms with E-state index >= 15 is 0 Å². The number of carbonyl (C=O) groups is 1. The van der Waals surface area contributed by atoms with Crippen LogP contribution in [0.5, 0.6) is 0 Å². The fourth-order valence-corrected chi connectivity index (χ4v) is 1.64. The highest BCUT2D eigenvalue weighted by Crippen LogP contribution is 2.25. The summed E-state index contributed by atoms with van der Waals surface area (Å²) < 4.78 is 0. The Bertz CT molecular complexity index is 364. The van der Waals surface area contributed by atoms with E-state index in [0.29, 0.717) is 6.42 Å². The quantitative estimate of drug-likeness (QED) is 0.794. The summed E-state index contributed by atoms with van der Waals surface area (Å²) in [6.45, 7) is 0. The van der Waals surface area contributed by atoms with Crippen LogP contribution in [0.25, 0.3) is 0 Å². The van der Waals surface area contributed by atoms with Gasteiger partial charge in [-0.3, -0.25) is 4.79 Å². The van der Waals surface area contributed by atoms with Crippen LogP contribution in [-0.2, 0) is 4.79 Å². The van der Waals surface area contributed by atoms with Gasteiger partial charge in [0.2, 0.25) is 0 Å². The molecular weight excluding hydrogens is 204 g/mol. The number of benzene rings is 1. The van der Waals surface area contributed by atoms with Gasteiger partial charge in [0.1, 0.15) is 0 Å². The van der Waals surface area contributed by atoms with Crippen molar-refractivity contribution in [2.24, 2.45) is 5.73 Å². The molecule has 4 heteroatoms. The minimum absolute atomic E-state index is 0.100. The number of hydrogen-bond donors (Lipinski definition) is 2. The average Bonchev–Trinajstić information content (AvgIpc) is 2.25. The Balaban J connectivity index is 2.81. The predicted octanol–water partition coefficient (Wildman–Crippen LogP) is 1.62. The molecule has 1 rings (SSSR count). The molecule has 0 bridgehead atoms. The van der Waals surface area contributed by atoms with E-state index in [1.165, 1.54) is 0 Å². The predicted molar refractivity (Wildman–Crippen MR) is 64.6 cm³/mol. The number of carboxylic acids is 1.